The van der Waals surface area contributed by atoms with Gasteiger partial charge in [0, 0.05) is 11.8 Å². The molecule has 0 fully saturated rings. The number of hydrogen-bond acceptors (Lipinski definition) is 7. The van der Waals surface area contributed by atoms with Gasteiger partial charge in [-0.25, -0.2) is 9.98 Å². The number of hydrazine groups is 1. The predicted molar refractivity (Wildman–Crippen MR) is 90.5 cm³/mol. The van der Waals surface area contributed by atoms with Crippen LogP contribution in [0, 0.1) is 0 Å². The van der Waals surface area contributed by atoms with Gasteiger partial charge in [0.2, 0.25) is 5.75 Å². The lowest BCUT2D eigenvalue weighted by Gasteiger charge is -2.20. The number of aliphatic imine (C=N–C) groups is 1. The van der Waals surface area contributed by atoms with E-state index < -0.39 is 0 Å². The van der Waals surface area contributed by atoms with Crippen LogP contribution in [0.2, 0.25) is 0 Å². The van der Waals surface area contributed by atoms with Gasteiger partial charge in [-0.2, -0.15) is 0 Å². The molecule has 0 aliphatic carbocycles. The number of hydrogen-bond donors (Lipinski definition) is 2. The van der Waals surface area contributed by atoms with Crippen molar-refractivity contribution in [3.05, 3.63) is 36.0 Å². The molecule has 2 heterocycles. The van der Waals surface area contributed by atoms with Crippen molar-refractivity contribution in [2.24, 2.45) is 4.99 Å². The van der Waals surface area contributed by atoms with E-state index in [1.807, 2.05) is 24.3 Å². The summed E-state index contributed by atoms with van der Waals surface area (Å²) < 4.78 is 16.0. The van der Waals surface area contributed by atoms with Gasteiger partial charge < -0.3 is 14.2 Å². The first-order chi connectivity index (χ1) is 10.8. The first-order valence-electron chi connectivity index (χ1n) is 6.63. The molecule has 122 valence electrons. The first-order valence-corrected chi connectivity index (χ1v) is 6.63. The third kappa shape index (κ3) is 3.09. The van der Waals surface area contributed by atoms with Crippen LogP contribution in [-0.2, 0) is 0 Å². The second-order valence-corrected chi connectivity index (χ2v) is 4.50. The molecule has 0 radical (unpaired) electrons. The predicted octanol–water partition coefficient (Wildman–Crippen LogP) is 2.54. The van der Waals surface area contributed by atoms with Crippen LogP contribution in [0.15, 0.2) is 35.5 Å². The van der Waals surface area contributed by atoms with Crippen LogP contribution in [0.5, 0.6) is 17.2 Å². The Balaban J connectivity index is 0.00000192. The number of anilines is 1. The van der Waals surface area contributed by atoms with Crippen LogP contribution < -0.4 is 25.1 Å². The zero-order valence-electron chi connectivity index (χ0n) is 12.9. The number of pyridine rings is 1. The van der Waals surface area contributed by atoms with Gasteiger partial charge in [-0.15, -0.1) is 12.4 Å². The smallest absolute Gasteiger partial charge is 0.203 e. The van der Waals surface area contributed by atoms with E-state index in [-0.39, 0.29) is 12.4 Å². The minimum Gasteiger partial charge on any atom is -0.493 e. The van der Waals surface area contributed by atoms with Crippen molar-refractivity contribution in [1.29, 1.82) is 0 Å². The Kier molecular flexibility index (Phi) is 5.13. The number of nitrogens with zero attached hydrogens (tertiary/aromatic N) is 2. The summed E-state index contributed by atoms with van der Waals surface area (Å²) >= 11 is 0. The zero-order chi connectivity index (χ0) is 15.5. The number of aromatic nitrogens is 1. The maximum absolute atomic E-state index is 5.36. The Bertz CT molecular complexity index is 711. The van der Waals surface area contributed by atoms with E-state index in [0.717, 1.165) is 11.3 Å². The van der Waals surface area contributed by atoms with E-state index in [2.05, 4.69) is 20.8 Å². The molecular formula is C15H17ClN4O3. The summed E-state index contributed by atoms with van der Waals surface area (Å²) in [6.07, 6.45) is 1.70. The second kappa shape index (κ2) is 7.06. The summed E-state index contributed by atoms with van der Waals surface area (Å²) in [5.74, 6) is 3.00. The summed E-state index contributed by atoms with van der Waals surface area (Å²) in [7, 11) is 4.73. The van der Waals surface area contributed by atoms with Crippen molar-refractivity contribution in [3.63, 3.8) is 0 Å². The van der Waals surface area contributed by atoms with Crippen molar-refractivity contribution in [2.45, 2.75) is 0 Å². The molecule has 8 heteroatoms. The van der Waals surface area contributed by atoms with Crippen LogP contribution in [-0.4, -0.2) is 32.1 Å². The van der Waals surface area contributed by atoms with Gasteiger partial charge in [0.15, 0.2) is 23.2 Å². The molecule has 0 atom stereocenters. The van der Waals surface area contributed by atoms with Gasteiger partial charge in [-0.1, -0.05) is 0 Å². The Morgan fingerprint density at radius 3 is 2.26 bits per heavy atom. The van der Waals surface area contributed by atoms with Crippen LogP contribution in [0.3, 0.4) is 0 Å². The summed E-state index contributed by atoms with van der Waals surface area (Å²) in [5, 5.41) is 0. The molecule has 23 heavy (non-hydrogen) atoms. The van der Waals surface area contributed by atoms with Gasteiger partial charge in [0.25, 0.3) is 0 Å². The van der Waals surface area contributed by atoms with E-state index in [0.29, 0.717) is 28.9 Å². The average Bonchev–Trinajstić information content (AvgIpc) is 2.59. The maximum Gasteiger partial charge on any atom is 0.203 e. The highest BCUT2D eigenvalue weighted by atomic mass is 35.5. The third-order valence-corrected chi connectivity index (χ3v) is 3.26. The summed E-state index contributed by atoms with van der Waals surface area (Å²) in [6.45, 7) is 0. The van der Waals surface area contributed by atoms with Gasteiger partial charge in [0.05, 0.1) is 21.3 Å². The highest BCUT2D eigenvalue weighted by molar-refractivity contribution is 6.04. The molecule has 0 bridgehead atoms. The van der Waals surface area contributed by atoms with Gasteiger partial charge in [0.1, 0.15) is 5.69 Å². The lowest BCUT2D eigenvalue weighted by Crippen LogP contribution is -2.33. The highest BCUT2D eigenvalue weighted by Gasteiger charge is 2.18. The molecule has 3 rings (SSSR count). The molecule has 0 amide bonds. The summed E-state index contributed by atoms with van der Waals surface area (Å²) in [6, 6.07) is 7.38. The van der Waals surface area contributed by atoms with Gasteiger partial charge >= 0.3 is 0 Å². The fourth-order valence-electron chi connectivity index (χ4n) is 2.20. The van der Waals surface area contributed by atoms with Crippen LogP contribution in [0.1, 0.15) is 5.56 Å². The number of ether oxygens (including phenoxy) is 3. The second-order valence-electron chi connectivity index (χ2n) is 4.50. The van der Waals surface area contributed by atoms with Gasteiger partial charge in [-0.3, -0.25) is 10.9 Å². The number of rotatable bonds is 4. The zero-order valence-corrected chi connectivity index (χ0v) is 13.7. The van der Waals surface area contributed by atoms with Crippen molar-refractivity contribution in [1.82, 2.24) is 10.4 Å². The summed E-state index contributed by atoms with van der Waals surface area (Å²) in [5.41, 5.74) is 7.58. The molecule has 0 spiro atoms. The fraction of sp³-hybridized carbons (Fsp3) is 0.200. The molecular weight excluding hydrogens is 320 g/mol. The number of nitrogens with one attached hydrogen (secondary N) is 2. The lowest BCUT2D eigenvalue weighted by atomic mass is 10.1. The number of methoxy groups -OCH3 is 3. The average molecular weight is 337 g/mol. The molecule has 2 N–H and O–H groups in total. The molecule has 0 saturated heterocycles. The van der Waals surface area contributed by atoms with E-state index in [1.54, 1.807) is 27.5 Å². The quantitative estimate of drug-likeness (QED) is 0.893. The number of halogens is 1. The van der Waals surface area contributed by atoms with Crippen LogP contribution in [0.25, 0.3) is 0 Å². The molecule has 1 aromatic heterocycles. The molecule has 1 aliphatic heterocycles. The topological polar surface area (TPSA) is 77.0 Å². The lowest BCUT2D eigenvalue weighted by molar-refractivity contribution is 0.324. The molecule has 1 aliphatic rings. The van der Waals surface area contributed by atoms with Crippen molar-refractivity contribution in [3.8, 4) is 17.2 Å². The standard InChI is InChI=1S/C15H16N4O3.ClH/c1-20-11-7-9(8-12(21-2)13(11)22-3)14-17-10-5-4-6-16-15(10)19-18-14;/h4-8H,1-3H3,(H,16,19)(H,17,18);1H. The van der Waals surface area contributed by atoms with E-state index in [1.165, 1.54) is 0 Å². The molecule has 7 nitrogen and oxygen atoms in total. The fourth-order valence-corrected chi connectivity index (χ4v) is 2.20. The maximum atomic E-state index is 5.36. The molecule has 0 saturated carbocycles. The summed E-state index contributed by atoms with van der Waals surface area (Å²) in [4.78, 5) is 8.74. The van der Waals surface area contributed by atoms with E-state index in [9.17, 15) is 0 Å². The van der Waals surface area contributed by atoms with Crippen molar-refractivity contribution < 1.29 is 14.2 Å². The molecule has 0 unspecified atom stereocenters. The van der Waals surface area contributed by atoms with E-state index in [4.69, 9.17) is 14.2 Å². The number of amidine groups is 1. The highest BCUT2D eigenvalue weighted by Crippen LogP contribution is 2.38. The molecule has 2 aromatic rings. The first kappa shape index (κ1) is 16.7. The minimum absolute atomic E-state index is 0. The Labute approximate surface area is 140 Å². The SMILES string of the molecule is COc1cc(C2=Nc3cccnc3NN2)cc(OC)c1OC.Cl. The number of benzene rings is 1. The van der Waals surface area contributed by atoms with Crippen molar-refractivity contribution >= 4 is 29.7 Å². The van der Waals surface area contributed by atoms with Crippen molar-refractivity contribution in [2.75, 3.05) is 26.8 Å². The Morgan fingerprint density at radius 2 is 1.65 bits per heavy atom. The largest absolute Gasteiger partial charge is 0.493 e. The Hall–Kier alpha value is -2.67. The number of fused-ring (bicyclic) bond motifs is 1. The van der Waals surface area contributed by atoms with Crippen LogP contribution >= 0.6 is 12.4 Å². The van der Waals surface area contributed by atoms with Gasteiger partial charge in [-0.05, 0) is 24.3 Å². The third-order valence-electron chi connectivity index (χ3n) is 3.26. The van der Waals surface area contributed by atoms with E-state index >= 15 is 0 Å². The monoisotopic (exact) mass is 336 g/mol. The van der Waals surface area contributed by atoms with Crippen LogP contribution in [0.4, 0.5) is 11.5 Å². The normalized spacial score (nSPS) is 11.9. The Morgan fingerprint density at radius 1 is 0.957 bits per heavy atom. The minimum atomic E-state index is 0. The molecule has 1 aromatic carbocycles.